The summed E-state index contributed by atoms with van der Waals surface area (Å²) >= 11 is 0. The molecule has 2 aliphatic rings. The largest absolute Gasteiger partial charge is 0.355 e. The molecule has 0 bridgehead atoms. The number of benzene rings is 2. The van der Waals surface area contributed by atoms with Gasteiger partial charge < -0.3 is 20.6 Å². The Hall–Kier alpha value is -4.08. The number of hydrogen-bond acceptors (Lipinski definition) is 6. The molecule has 5 aromatic rings. The predicted octanol–water partition coefficient (Wildman–Crippen LogP) is 5.37. The third kappa shape index (κ3) is 5.92. The van der Waals surface area contributed by atoms with E-state index < -0.39 is 0 Å². The number of aromatic amines is 2. The molecular formula is C34H40N8O. The van der Waals surface area contributed by atoms with Gasteiger partial charge in [0.2, 0.25) is 5.91 Å². The van der Waals surface area contributed by atoms with E-state index in [9.17, 15) is 4.79 Å². The Morgan fingerprint density at radius 2 is 1.81 bits per heavy atom. The number of amides is 1. The molecule has 3 aromatic heterocycles. The molecule has 0 radical (unpaired) electrons. The Balaban J connectivity index is 0.980. The van der Waals surface area contributed by atoms with Crippen molar-refractivity contribution in [3.05, 3.63) is 66.4 Å². The summed E-state index contributed by atoms with van der Waals surface area (Å²) in [7, 11) is 4.03. The molecule has 9 nitrogen and oxygen atoms in total. The summed E-state index contributed by atoms with van der Waals surface area (Å²) in [6.07, 6.45) is 9.32. The number of H-pyrrole nitrogens is 2. The summed E-state index contributed by atoms with van der Waals surface area (Å²) in [4.78, 5) is 36.1. The Kier molecular flexibility index (Phi) is 7.67. The maximum absolute atomic E-state index is 12.3. The molecule has 1 saturated heterocycles. The number of nitrogens with zero attached hydrogens (tertiary/aromatic N) is 4. The minimum atomic E-state index is -0.0404. The molecule has 1 aliphatic carbocycles. The van der Waals surface area contributed by atoms with Gasteiger partial charge in [0.05, 0.1) is 35.2 Å². The van der Waals surface area contributed by atoms with E-state index in [0.29, 0.717) is 18.5 Å². The third-order valence-corrected chi connectivity index (χ3v) is 9.10. The molecule has 2 aromatic carbocycles. The number of carbonyl (C=O) groups is 1. The lowest BCUT2D eigenvalue weighted by Crippen LogP contribution is -2.44. The first-order chi connectivity index (χ1) is 21.1. The highest BCUT2D eigenvalue weighted by atomic mass is 16.2. The zero-order chi connectivity index (χ0) is 29.3. The Bertz CT molecular complexity index is 1750. The second kappa shape index (κ2) is 11.9. The summed E-state index contributed by atoms with van der Waals surface area (Å²) < 4.78 is 0. The van der Waals surface area contributed by atoms with Crippen LogP contribution in [-0.2, 0) is 11.2 Å². The number of unbranched alkanes of at least 4 members (excludes halogenated alkanes) is 1. The molecule has 4 heterocycles. The van der Waals surface area contributed by atoms with Gasteiger partial charge in [0, 0.05) is 24.1 Å². The van der Waals surface area contributed by atoms with Crippen molar-refractivity contribution in [2.45, 2.75) is 57.0 Å². The first-order valence-corrected chi connectivity index (χ1v) is 15.7. The average Bonchev–Trinajstić information content (AvgIpc) is 3.38. The summed E-state index contributed by atoms with van der Waals surface area (Å²) in [6.45, 7) is 1.81. The van der Waals surface area contributed by atoms with Crippen LogP contribution >= 0.6 is 0 Å². The van der Waals surface area contributed by atoms with Crippen molar-refractivity contribution in [2.24, 2.45) is 5.92 Å². The van der Waals surface area contributed by atoms with Crippen LogP contribution in [0.2, 0.25) is 0 Å². The number of likely N-dealkylation sites (N-methyl/N-ethyl adjacent to an activating group) is 1. The average molecular weight is 577 g/mol. The minimum absolute atomic E-state index is 0.0404. The predicted molar refractivity (Wildman–Crippen MR) is 171 cm³/mol. The van der Waals surface area contributed by atoms with Crippen LogP contribution < -0.4 is 10.6 Å². The lowest BCUT2D eigenvalue weighted by Gasteiger charge is -2.16. The fraction of sp³-hybridized carbons (Fsp3) is 0.412. The zero-order valence-electron chi connectivity index (χ0n) is 25.0. The van der Waals surface area contributed by atoms with Crippen LogP contribution in [0.25, 0.3) is 44.5 Å². The van der Waals surface area contributed by atoms with Crippen molar-refractivity contribution < 1.29 is 4.79 Å². The maximum atomic E-state index is 12.3. The van der Waals surface area contributed by atoms with Gasteiger partial charge in [-0.15, -0.1) is 0 Å². The highest BCUT2D eigenvalue weighted by Crippen LogP contribution is 2.33. The van der Waals surface area contributed by atoms with Crippen LogP contribution in [0.3, 0.4) is 0 Å². The molecule has 222 valence electrons. The molecule has 1 amide bonds. The molecule has 43 heavy (non-hydrogen) atoms. The molecule has 4 N–H and O–H groups in total. The van der Waals surface area contributed by atoms with Gasteiger partial charge >= 0.3 is 0 Å². The normalized spacial score (nSPS) is 18.0. The van der Waals surface area contributed by atoms with E-state index in [0.717, 1.165) is 90.4 Å². The molecule has 2 atom stereocenters. The molecule has 7 rings (SSSR count). The van der Waals surface area contributed by atoms with Crippen LogP contribution in [0.4, 0.5) is 0 Å². The molecule has 0 spiro atoms. The number of aryl methyl sites for hydroxylation is 1. The quantitative estimate of drug-likeness (QED) is 0.157. The number of likely N-dealkylation sites (tertiary alicyclic amines) is 1. The highest BCUT2D eigenvalue weighted by Gasteiger charge is 2.34. The van der Waals surface area contributed by atoms with Crippen LogP contribution in [0, 0.1) is 5.92 Å². The Labute approximate surface area is 251 Å². The second-order valence-corrected chi connectivity index (χ2v) is 12.2. The van der Waals surface area contributed by atoms with Crippen LogP contribution in [0.1, 0.15) is 56.2 Å². The van der Waals surface area contributed by atoms with Crippen molar-refractivity contribution in [2.75, 3.05) is 27.2 Å². The van der Waals surface area contributed by atoms with Gasteiger partial charge in [0.25, 0.3) is 0 Å². The maximum Gasteiger partial charge on any atom is 0.237 e. The minimum Gasteiger partial charge on any atom is -0.355 e. The second-order valence-electron chi connectivity index (χ2n) is 12.2. The summed E-state index contributed by atoms with van der Waals surface area (Å²) in [6, 6.07) is 17.5. The number of fused-ring (bicyclic) bond motifs is 2. The van der Waals surface area contributed by atoms with Gasteiger partial charge in [-0.2, -0.15) is 0 Å². The first kappa shape index (κ1) is 27.7. The molecule has 1 saturated carbocycles. The third-order valence-electron chi connectivity index (χ3n) is 9.10. The molecule has 1 aliphatic heterocycles. The Morgan fingerprint density at radius 1 is 1.00 bits per heavy atom. The topological polar surface area (TPSA) is 115 Å². The number of aromatic nitrogens is 5. The van der Waals surface area contributed by atoms with Crippen molar-refractivity contribution in [3.8, 4) is 22.5 Å². The molecule has 2 fully saturated rings. The molecule has 9 heteroatoms. The van der Waals surface area contributed by atoms with Crippen LogP contribution in [-0.4, -0.2) is 69.0 Å². The summed E-state index contributed by atoms with van der Waals surface area (Å²) in [5.41, 5.74) is 5.91. The van der Waals surface area contributed by atoms with Gasteiger partial charge in [0.15, 0.2) is 5.65 Å². The Morgan fingerprint density at radius 3 is 2.58 bits per heavy atom. The first-order valence-electron chi connectivity index (χ1n) is 15.7. The number of nitrogens with one attached hydrogen (secondary N) is 4. The number of rotatable bonds is 11. The highest BCUT2D eigenvalue weighted by molar-refractivity contribution is 5.90. The van der Waals surface area contributed by atoms with Crippen molar-refractivity contribution >= 4 is 27.8 Å². The number of hydrogen-bond donors (Lipinski definition) is 4. The van der Waals surface area contributed by atoms with Gasteiger partial charge in [-0.25, -0.2) is 15.0 Å². The van der Waals surface area contributed by atoms with Gasteiger partial charge in [-0.1, -0.05) is 24.3 Å². The molecule has 2 unspecified atom stereocenters. The fourth-order valence-corrected chi connectivity index (χ4v) is 6.44. The number of pyridine rings is 1. The fourth-order valence-electron chi connectivity index (χ4n) is 6.44. The van der Waals surface area contributed by atoms with Crippen LogP contribution in [0.5, 0.6) is 0 Å². The van der Waals surface area contributed by atoms with Crippen LogP contribution in [0.15, 0.2) is 54.7 Å². The van der Waals surface area contributed by atoms with E-state index in [4.69, 9.17) is 9.97 Å². The zero-order valence-corrected chi connectivity index (χ0v) is 25.0. The summed E-state index contributed by atoms with van der Waals surface area (Å²) in [5, 5.41) is 8.58. The lowest BCUT2D eigenvalue weighted by molar-refractivity contribution is -0.123. The van der Waals surface area contributed by atoms with E-state index in [1.54, 1.807) is 0 Å². The van der Waals surface area contributed by atoms with E-state index in [1.807, 2.05) is 13.2 Å². The van der Waals surface area contributed by atoms with E-state index in [-0.39, 0.29) is 11.9 Å². The standard InChI is InChI=1S/C34H40N8O/c1-35-31(21-8-9-21)34(43)36-16-4-3-7-30-37-20-28(38-30)25-13-11-22-18-24(12-10-23(22)19-25)26-14-15-27-32(39-26)41-33(40-27)29-6-5-17-42(29)2/h10-15,18-21,29,31,35H,3-9,16-17H2,1-2H3,(H,36,43)(H,37,38)(H,39,40,41). The van der Waals surface area contributed by atoms with Crippen molar-refractivity contribution in [3.63, 3.8) is 0 Å². The summed E-state index contributed by atoms with van der Waals surface area (Å²) in [5.74, 6) is 2.63. The number of carbonyl (C=O) groups excluding carboxylic acids is 1. The monoisotopic (exact) mass is 576 g/mol. The van der Waals surface area contributed by atoms with E-state index in [1.165, 1.54) is 17.2 Å². The smallest absolute Gasteiger partial charge is 0.237 e. The van der Waals surface area contributed by atoms with Gasteiger partial charge in [-0.05, 0) is 100 Å². The van der Waals surface area contributed by atoms with E-state index >= 15 is 0 Å². The van der Waals surface area contributed by atoms with Crippen molar-refractivity contribution in [1.29, 1.82) is 0 Å². The molecular weight excluding hydrogens is 536 g/mol. The van der Waals surface area contributed by atoms with Gasteiger partial charge in [0.1, 0.15) is 11.6 Å². The SMILES string of the molecule is CNC(C(=O)NCCCCc1ncc(-c2ccc3cc(-c4ccc5[nH]c(C6CCCN6C)nc5n4)ccc3c2)[nH]1)C1CC1. The number of imidazole rings is 2. The lowest BCUT2D eigenvalue weighted by atomic mass is 10.0. The van der Waals surface area contributed by atoms with Crippen molar-refractivity contribution in [1.82, 2.24) is 40.5 Å². The van der Waals surface area contributed by atoms with E-state index in [2.05, 4.69) is 86.1 Å². The van der Waals surface area contributed by atoms with Gasteiger partial charge in [-0.3, -0.25) is 9.69 Å².